The second-order valence-electron chi connectivity index (χ2n) is 3.44. The Bertz CT molecular complexity index is 61.5. The summed E-state index contributed by atoms with van der Waals surface area (Å²) in [5.41, 5.74) is 0. The van der Waals surface area contributed by atoms with Crippen LogP contribution in [0.2, 0.25) is 26.2 Å². The SMILES string of the molecule is [CH][Si](C)(C)[Si]([CH])(C)C. The topological polar surface area (TPSA) is 0 Å². The number of rotatable bonds is 1. The highest BCUT2D eigenvalue weighted by molar-refractivity contribution is 7.42. The summed E-state index contributed by atoms with van der Waals surface area (Å²) in [6.07, 6.45) is 0. The highest BCUT2D eigenvalue weighted by Crippen LogP contribution is 2.15. The minimum Gasteiger partial charge on any atom is -0.0711 e. The van der Waals surface area contributed by atoms with Gasteiger partial charge in [0.15, 0.2) is 0 Å². The average molecular weight is 142 g/mol. The lowest BCUT2D eigenvalue weighted by molar-refractivity contribution is 1.81. The molecule has 0 saturated carbocycles. The molecule has 0 spiro atoms. The predicted octanol–water partition coefficient (Wildman–Crippen LogP) is 1.98. The van der Waals surface area contributed by atoms with Gasteiger partial charge in [-0.1, -0.05) is 26.2 Å². The van der Waals surface area contributed by atoms with Gasteiger partial charge in [-0.25, -0.2) is 0 Å². The Hall–Kier alpha value is 0.434. The molecule has 0 N–H and O–H groups in total. The van der Waals surface area contributed by atoms with Crippen LogP contribution in [0.3, 0.4) is 0 Å². The van der Waals surface area contributed by atoms with Crippen molar-refractivity contribution in [3.63, 3.8) is 0 Å². The Morgan fingerprint density at radius 2 is 0.875 bits per heavy atom. The molecule has 0 aromatic heterocycles. The largest absolute Gasteiger partial charge is 0.0711 e. The molecule has 0 fully saturated rings. The maximum Gasteiger partial charge on any atom is 0.0445 e. The summed E-state index contributed by atoms with van der Waals surface area (Å²) in [5.74, 6) is 0. The molecule has 2 heteroatoms. The standard InChI is InChI=1S/C6H14Si2/c1-7(2,3)8(4,5)6/h1,4H,2-3,5-6H3. The molecule has 0 unspecified atom stereocenters. The van der Waals surface area contributed by atoms with Gasteiger partial charge in [0.05, 0.1) is 0 Å². The summed E-state index contributed by atoms with van der Waals surface area (Å²) < 4.78 is 0. The monoisotopic (exact) mass is 142 g/mol. The molecule has 0 aromatic rings. The van der Waals surface area contributed by atoms with E-state index in [1.807, 2.05) is 0 Å². The normalized spacial score (nSPS) is 14.2. The van der Waals surface area contributed by atoms with E-state index < -0.39 is 15.2 Å². The number of hydrogen-bond acceptors (Lipinski definition) is 0. The van der Waals surface area contributed by atoms with Crippen molar-refractivity contribution in [2.45, 2.75) is 26.2 Å². The van der Waals surface area contributed by atoms with Crippen LogP contribution in [0.15, 0.2) is 0 Å². The molecular weight excluding hydrogens is 128 g/mol. The summed E-state index contributed by atoms with van der Waals surface area (Å²) in [4.78, 5) is 0. The van der Waals surface area contributed by atoms with E-state index in [9.17, 15) is 0 Å². The van der Waals surface area contributed by atoms with Gasteiger partial charge in [0.2, 0.25) is 0 Å². The van der Waals surface area contributed by atoms with Gasteiger partial charge in [-0.2, -0.15) is 0 Å². The van der Waals surface area contributed by atoms with Crippen LogP contribution in [0, 0.1) is 13.1 Å². The van der Waals surface area contributed by atoms with Crippen LogP contribution in [0.4, 0.5) is 0 Å². The fraction of sp³-hybridized carbons (Fsp3) is 0.667. The lowest BCUT2D eigenvalue weighted by Crippen LogP contribution is -2.50. The van der Waals surface area contributed by atoms with E-state index in [2.05, 4.69) is 26.2 Å². The molecule has 0 nitrogen and oxygen atoms in total. The zero-order valence-electron chi connectivity index (χ0n) is 6.15. The van der Waals surface area contributed by atoms with Crippen molar-refractivity contribution in [2.75, 3.05) is 0 Å². The summed E-state index contributed by atoms with van der Waals surface area (Å²) in [6, 6.07) is 0. The first-order chi connectivity index (χ1) is 3.25. The van der Waals surface area contributed by atoms with Gasteiger partial charge in [0.1, 0.15) is 0 Å². The van der Waals surface area contributed by atoms with Crippen LogP contribution in [0.5, 0.6) is 0 Å². The quantitative estimate of drug-likeness (QED) is 0.491. The van der Waals surface area contributed by atoms with Gasteiger partial charge in [-0.15, -0.1) is 0 Å². The minimum absolute atomic E-state index is 1.44. The Morgan fingerprint density at radius 3 is 0.875 bits per heavy atom. The lowest BCUT2D eigenvalue weighted by atomic mass is 11.8. The van der Waals surface area contributed by atoms with E-state index in [0.29, 0.717) is 0 Å². The van der Waals surface area contributed by atoms with Crippen LogP contribution >= 0.6 is 0 Å². The van der Waals surface area contributed by atoms with E-state index in [0.717, 1.165) is 0 Å². The van der Waals surface area contributed by atoms with E-state index in [4.69, 9.17) is 13.1 Å². The first-order valence-corrected chi connectivity index (χ1v) is 9.98. The fourth-order valence-electron chi connectivity index (χ4n) is 0. The highest BCUT2D eigenvalue weighted by atomic mass is 29.3. The Morgan fingerprint density at radius 1 is 0.750 bits per heavy atom. The third-order valence-corrected chi connectivity index (χ3v) is 14.9. The molecule has 0 amide bonds. The van der Waals surface area contributed by atoms with Crippen LogP contribution in [0.1, 0.15) is 0 Å². The smallest absolute Gasteiger partial charge is 0.0445 e. The van der Waals surface area contributed by atoms with Crippen molar-refractivity contribution in [1.82, 2.24) is 0 Å². The molecule has 4 radical (unpaired) electrons. The predicted molar refractivity (Wildman–Crippen MR) is 43.6 cm³/mol. The van der Waals surface area contributed by atoms with Crippen molar-refractivity contribution >= 4 is 15.2 Å². The summed E-state index contributed by atoms with van der Waals surface area (Å²) >= 11 is 0. The second kappa shape index (κ2) is 1.99. The maximum absolute atomic E-state index is 5.89. The van der Waals surface area contributed by atoms with E-state index >= 15 is 0 Å². The van der Waals surface area contributed by atoms with Gasteiger partial charge in [0, 0.05) is 15.2 Å². The van der Waals surface area contributed by atoms with Gasteiger partial charge in [0.25, 0.3) is 0 Å². The lowest BCUT2D eigenvalue weighted by Gasteiger charge is -2.30. The highest BCUT2D eigenvalue weighted by Gasteiger charge is 2.31. The summed E-state index contributed by atoms with van der Waals surface area (Å²) in [6.45, 7) is 20.3. The molecule has 0 aliphatic rings. The first-order valence-electron chi connectivity index (χ1n) is 2.83. The summed E-state index contributed by atoms with van der Waals surface area (Å²) in [5, 5.41) is 0. The van der Waals surface area contributed by atoms with Crippen molar-refractivity contribution in [3.05, 3.63) is 13.1 Å². The molecule has 0 aromatic carbocycles. The van der Waals surface area contributed by atoms with Gasteiger partial charge in [-0.05, 0) is 13.1 Å². The van der Waals surface area contributed by atoms with Gasteiger partial charge < -0.3 is 0 Å². The molecule has 0 aliphatic carbocycles. The van der Waals surface area contributed by atoms with Crippen molar-refractivity contribution < 1.29 is 0 Å². The second-order valence-corrected chi connectivity index (χ2v) is 18.1. The minimum atomic E-state index is -1.44. The van der Waals surface area contributed by atoms with Gasteiger partial charge >= 0.3 is 0 Å². The first kappa shape index (κ1) is 8.43. The average Bonchev–Trinajstić information content (AvgIpc) is 1.25. The zero-order valence-corrected chi connectivity index (χ0v) is 8.15. The van der Waals surface area contributed by atoms with E-state index in [1.54, 1.807) is 0 Å². The fourth-order valence-corrected chi connectivity index (χ4v) is 0. The van der Waals surface area contributed by atoms with Gasteiger partial charge in [-0.3, -0.25) is 0 Å². The molecule has 46 valence electrons. The van der Waals surface area contributed by atoms with Crippen molar-refractivity contribution in [3.8, 4) is 0 Å². The molecule has 0 rings (SSSR count). The molecule has 0 saturated heterocycles. The Balaban J connectivity index is 4.02. The third-order valence-electron chi connectivity index (χ3n) is 1.66. The van der Waals surface area contributed by atoms with E-state index in [1.165, 1.54) is 0 Å². The van der Waals surface area contributed by atoms with Crippen LogP contribution in [-0.2, 0) is 0 Å². The molecule has 0 heterocycles. The Kier molecular flexibility index (Phi) is 2.10. The van der Waals surface area contributed by atoms with Crippen LogP contribution in [-0.4, -0.2) is 15.2 Å². The molecule has 0 atom stereocenters. The molecule has 0 bridgehead atoms. The maximum atomic E-state index is 5.89. The van der Waals surface area contributed by atoms with Crippen molar-refractivity contribution in [2.24, 2.45) is 0 Å². The summed E-state index contributed by atoms with van der Waals surface area (Å²) in [7, 11) is -2.88. The zero-order chi connectivity index (χ0) is 7.00. The van der Waals surface area contributed by atoms with Crippen LogP contribution < -0.4 is 0 Å². The number of hydrogen-bond donors (Lipinski definition) is 0. The van der Waals surface area contributed by atoms with Crippen LogP contribution in [0.25, 0.3) is 0 Å². The third kappa shape index (κ3) is 2.13. The Labute approximate surface area is 55.1 Å². The molecule has 8 heavy (non-hydrogen) atoms. The van der Waals surface area contributed by atoms with E-state index in [-0.39, 0.29) is 0 Å². The molecule has 0 aliphatic heterocycles. The molecular formula is C6H14Si2. The van der Waals surface area contributed by atoms with Crippen molar-refractivity contribution in [1.29, 1.82) is 0 Å².